The van der Waals surface area contributed by atoms with Gasteiger partial charge in [-0.3, -0.25) is 20.3 Å². The SMILES string of the molecule is N=C(NC(=O)c1cccc([N+](=O)[O-])c1)C1=C(N)C2(CC2)NC1. The largest absolute Gasteiger partial charge is 0.400 e. The van der Waals surface area contributed by atoms with E-state index >= 15 is 0 Å². The van der Waals surface area contributed by atoms with E-state index in [1.165, 1.54) is 24.3 Å². The Morgan fingerprint density at radius 1 is 1.45 bits per heavy atom. The first-order chi connectivity index (χ1) is 10.4. The van der Waals surface area contributed by atoms with Crippen LogP contribution in [-0.4, -0.2) is 28.7 Å². The molecule has 1 aliphatic carbocycles. The molecule has 1 aromatic carbocycles. The summed E-state index contributed by atoms with van der Waals surface area (Å²) in [6, 6.07) is 5.37. The average molecular weight is 301 g/mol. The molecular formula is C14H15N5O3. The fraction of sp³-hybridized carbons (Fsp3) is 0.286. The molecule has 0 saturated heterocycles. The zero-order valence-corrected chi connectivity index (χ0v) is 11.7. The van der Waals surface area contributed by atoms with E-state index in [-0.39, 0.29) is 22.6 Å². The molecule has 3 rings (SSSR count). The third-order valence-corrected chi connectivity index (χ3v) is 4.05. The van der Waals surface area contributed by atoms with E-state index in [1.807, 2.05) is 0 Å². The molecule has 1 aromatic rings. The van der Waals surface area contributed by atoms with Gasteiger partial charge in [0.05, 0.1) is 10.5 Å². The number of benzene rings is 1. The molecule has 1 fully saturated rings. The van der Waals surface area contributed by atoms with Crippen molar-refractivity contribution in [3.8, 4) is 0 Å². The van der Waals surface area contributed by atoms with Crippen LogP contribution in [0.2, 0.25) is 0 Å². The van der Waals surface area contributed by atoms with Gasteiger partial charge in [-0.2, -0.15) is 0 Å². The fourth-order valence-corrected chi connectivity index (χ4v) is 2.55. The summed E-state index contributed by atoms with van der Waals surface area (Å²) in [5.41, 5.74) is 7.00. The first-order valence-corrected chi connectivity index (χ1v) is 6.82. The minimum Gasteiger partial charge on any atom is -0.400 e. The molecule has 1 saturated carbocycles. The molecule has 0 radical (unpaired) electrons. The van der Waals surface area contributed by atoms with Gasteiger partial charge in [-0.05, 0) is 18.9 Å². The summed E-state index contributed by atoms with van der Waals surface area (Å²) < 4.78 is 0. The van der Waals surface area contributed by atoms with Gasteiger partial charge in [0, 0.05) is 35.5 Å². The summed E-state index contributed by atoms with van der Waals surface area (Å²) in [7, 11) is 0. The number of nitro groups is 1. The standard InChI is InChI=1S/C14H15N5O3/c15-11-10(7-17-14(11)4-5-14)12(16)18-13(20)8-2-1-3-9(6-8)19(21)22/h1-3,6,17H,4-5,7,15H2,(H2,16,18,20). The third kappa shape index (κ3) is 2.33. The maximum atomic E-state index is 12.1. The van der Waals surface area contributed by atoms with Crippen LogP contribution in [0.25, 0.3) is 0 Å². The molecule has 5 N–H and O–H groups in total. The maximum absolute atomic E-state index is 12.1. The highest BCUT2D eigenvalue weighted by Gasteiger charge is 2.50. The highest BCUT2D eigenvalue weighted by molar-refractivity contribution is 6.12. The van der Waals surface area contributed by atoms with Crippen molar-refractivity contribution < 1.29 is 9.72 Å². The molecule has 22 heavy (non-hydrogen) atoms. The van der Waals surface area contributed by atoms with Gasteiger partial charge >= 0.3 is 0 Å². The second-order valence-corrected chi connectivity index (χ2v) is 5.46. The van der Waals surface area contributed by atoms with Crippen molar-refractivity contribution in [2.45, 2.75) is 18.4 Å². The Hall–Kier alpha value is -2.74. The van der Waals surface area contributed by atoms with Crippen LogP contribution in [0.3, 0.4) is 0 Å². The second-order valence-electron chi connectivity index (χ2n) is 5.46. The lowest BCUT2D eigenvalue weighted by Gasteiger charge is -2.09. The van der Waals surface area contributed by atoms with Crippen molar-refractivity contribution in [1.29, 1.82) is 5.41 Å². The summed E-state index contributed by atoms with van der Waals surface area (Å²) in [5.74, 6) is -0.629. The lowest BCUT2D eigenvalue weighted by atomic mass is 10.1. The number of hydrogen-bond acceptors (Lipinski definition) is 6. The Balaban J connectivity index is 1.75. The van der Waals surface area contributed by atoms with Crippen molar-refractivity contribution >= 4 is 17.4 Å². The van der Waals surface area contributed by atoms with Gasteiger partial charge in [-0.25, -0.2) is 0 Å². The van der Waals surface area contributed by atoms with Crippen LogP contribution in [0, 0.1) is 15.5 Å². The van der Waals surface area contributed by atoms with Crippen molar-refractivity contribution in [3.05, 3.63) is 51.2 Å². The number of non-ortho nitro benzene ring substituents is 1. The van der Waals surface area contributed by atoms with Crippen molar-refractivity contribution in [3.63, 3.8) is 0 Å². The normalized spacial score (nSPS) is 18.4. The Morgan fingerprint density at radius 2 is 2.18 bits per heavy atom. The topological polar surface area (TPSA) is 134 Å². The van der Waals surface area contributed by atoms with E-state index in [0.29, 0.717) is 17.8 Å². The zero-order chi connectivity index (χ0) is 15.9. The Kier molecular flexibility index (Phi) is 3.18. The number of amidine groups is 1. The molecule has 0 atom stereocenters. The van der Waals surface area contributed by atoms with Crippen molar-refractivity contribution in [2.24, 2.45) is 5.73 Å². The number of amides is 1. The van der Waals surface area contributed by atoms with Crippen molar-refractivity contribution in [1.82, 2.24) is 10.6 Å². The van der Waals surface area contributed by atoms with Crippen LogP contribution in [0.4, 0.5) is 5.69 Å². The summed E-state index contributed by atoms with van der Waals surface area (Å²) >= 11 is 0. The summed E-state index contributed by atoms with van der Waals surface area (Å²) in [4.78, 5) is 22.3. The van der Waals surface area contributed by atoms with Gasteiger partial charge in [-0.1, -0.05) is 6.07 Å². The van der Waals surface area contributed by atoms with Gasteiger partial charge in [0.15, 0.2) is 0 Å². The lowest BCUT2D eigenvalue weighted by molar-refractivity contribution is -0.384. The van der Waals surface area contributed by atoms with E-state index in [2.05, 4.69) is 10.6 Å². The molecule has 1 aliphatic heterocycles. The van der Waals surface area contributed by atoms with Gasteiger partial charge in [-0.15, -0.1) is 0 Å². The zero-order valence-electron chi connectivity index (χ0n) is 11.7. The molecule has 1 amide bonds. The highest BCUT2D eigenvalue weighted by atomic mass is 16.6. The first-order valence-electron chi connectivity index (χ1n) is 6.82. The van der Waals surface area contributed by atoms with Crippen LogP contribution in [0.5, 0.6) is 0 Å². The quantitative estimate of drug-likeness (QED) is 0.281. The maximum Gasteiger partial charge on any atom is 0.270 e. The number of hydrogen-bond donors (Lipinski definition) is 4. The summed E-state index contributed by atoms with van der Waals surface area (Å²) in [6.45, 7) is 0.444. The summed E-state index contributed by atoms with van der Waals surface area (Å²) in [6.07, 6.45) is 1.88. The molecular weight excluding hydrogens is 286 g/mol. The number of carbonyl (C=O) groups is 1. The molecule has 2 aliphatic rings. The molecule has 8 heteroatoms. The third-order valence-electron chi connectivity index (χ3n) is 4.05. The number of rotatable bonds is 3. The Morgan fingerprint density at radius 3 is 2.77 bits per heavy atom. The molecule has 0 aromatic heterocycles. The predicted molar refractivity (Wildman–Crippen MR) is 79.5 cm³/mol. The minimum absolute atomic E-state index is 0.0646. The molecule has 1 spiro atoms. The van der Waals surface area contributed by atoms with Crippen LogP contribution in [0.15, 0.2) is 35.5 Å². The van der Waals surface area contributed by atoms with Gasteiger partial charge in [0.25, 0.3) is 11.6 Å². The highest BCUT2D eigenvalue weighted by Crippen LogP contribution is 2.44. The fourth-order valence-electron chi connectivity index (χ4n) is 2.55. The molecule has 0 bridgehead atoms. The smallest absolute Gasteiger partial charge is 0.270 e. The number of nitro benzene ring substituents is 1. The predicted octanol–water partition coefficient (Wildman–Crippen LogP) is 0.650. The first kappa shape index (κ1) is 14.2. The summed E-state index contributed by atoms with van der Waals surface area (Å²) in [5, 5.41) is 24.4. The molecule has 0 unspecified atom stereocenters. The van der Waals surface area contributed by atoms with Crippen LogP contribution in [0.1, 0.15) is 23.2 Å². The van der Waals surface area contributed by atoms with E-state index in [1.54, 1.807) is 0 Å². The van der Waals surface area contributed by atoms with Crippen LogP contribution >= 0.6 is 0 Å². The number of nitrogens with two attached hydrogens (primary N) is 1. The lowest BCUT2D eigenvalue weighted by Crippen LogP contribution is -2.32. The molecule has 8 nitrogen and oxygen atoms in total. The molecule has 1 heterocycles. The monoisotopic (exact) mass is 301 g/mol. The van der Waals surface area contributed by atoms with E-state index in [9.17, 15) is 14.9 Å². The van der Waals surface area contributed by atoms with Crippen LogP contribution < -0.4 is 16.4 Å². The van der Waals surface area contributed by atoms with Gasteiger partial charge < -0.3 is 16.4 Å². The Labute approximate surface area is 126 Å². The number of nitrogens with zero attached hydrogens (tertiary/aromatic N) is 1. The Bertz CT molecular complexity index is 721. The van der Waals surface area contributed by atoms with E-state index < -0.39 is 10.8 Å². The molecule has 114 valence electrons. The average Bonchev–Trinajstić information content (AvgIpc) is 3.21. The minimum atomic E-state index is -0.569. The number of carbonyl (C=O) groups excluding carboxylic acids is 1. The second kappa shape index (κ2) is 4.92. The van der Waals surface area contributed by atoms with Crippen molar-refractivity contribution in [2.75, 3.05) is 6.54 Å². The van der Waals surface area contributed by atoms with Gasteiger partial charge in [0.2, 0.25) is 0 Å². The van der Waals surface area contributed by atoms with Crippen LogP contribution in [-0.2, 0) is 0 Å². The van der Waals surface area contributed by atoms with E-state index in [0.717, 1.165) is 12.8 Å². The van der Waals surface area contributed by atoms with Gasteiger partial charge in [0.1, 0.15) is 5.84 Å². The van der Waals surface area contributed by atoms with E-state index in [4.69, 9.17) is 11.1 Å². The number of nitrogens with one attached hydrogen (secondary N) is 3.